The van der Waals surface area contributed by atoms with Crippen molar-refractivity contribution >= 4 is 44.7 Å². The summed E-state index contributed by atoms with van der Waals surface area (Å²) in [4.78, 5) is 25.8. The topological polar surface area (TPSA) is 105 Å². The van der Waals surface area contributed by atoms with E-state index in [9.17, 15) is 14.9 Å². The molecule has 9 heteroatoms. The molecule has 2 N–H and O–H groups in total. The summed E-state index contributed by atoms with van der Waals surface area (Å²) in [6.45, 7) is 0.390. The summed E-state index contributed by atoms with van der Waals surface area (Å²) in [7, 11) is 0. The molecule has 0 saturated carbocycles. The van der Waals surface area contributed by atoms with Crippen LogP contribution in [0, 0.1) is 10.1 Å². The highest BCUT2D eigenvalue weighted by Crippen LogP contribution is 2.24. The number of aromatic carboxylic acids is 1. The van der Waals surface area contributed by atoms with Crippen molar-refractivity contribution in [3.63, 3.8) is 0 Å². The molecule has 2 aromatic rings. The van der Waals surface area contributed by atoms with E-state index in [4.69, 9.17) is 5.11 Å². The summed E-state index contributed by atoms with van der Waals surface area (Å²) >= 11 is 4.83. The van der Waals surface area contributed by atoms with Gasteiger partial charge in [0.1, 0.15) is 17.6 Å². The molecular formula is C11H8BrN3O4S. The van der Waals surface area contributed by atoms with Crippen molar-refractivity contribution in [1.29, 1.82) is 0 Å². The minimum absolute atomic E-state index is 0.104. The van der Waals surface area contributed by atoms with Crippen molar-refractivity contribution in [2.24, 2.45) is 0 Å². The Morgan fingerprint density at radius 2 is 2.30 bits per heavy atom. The van der Waals surface area contributed by atoms with Gasteiger partial charge in [-0.25, -0.2) is 9.78 Å². The van der Waals surface area contributed by atoms with Crippen molar-refractivity contribution < 1.29 is 14.8 Å². The summed E-state index contributed by atoms with van der Waals surface area (Å²) < 4.78 is 0.962. The maximum Gasteiger partial charge on any atom is 0.339 e. The van der Waals surface area contributed by atoms with Crippen molar-refractivity contribution in [2.75, 3.05) is 5.32 Å². The van der Waals surface area contributed by atoms with Crippen LogP contribution in [0.5, 0.6) is 0 Å². The van der Waals surface area contributed by atoms with Gasteiger partial charge >= 0.3 is 5.97 Å². The second-order valence-corrected chi connectivity index (χ2v) is 6.26. The normalized spacial score (nSPS) is 10.2. The lowest BCUT2D eigenvalue weighted by molar-refractivity contribution is -0.385. The van der Waals surface area contributed by atoms with E-state index in [1.807, 2.05) is 12.1 Å². The zero-order chi connectivity index (χ0) is 14.7. The summed E-state index contributed by atoms with van der Waals surface area (Å²) in [5, 5.41) is 22.5. The van der Waals surface area contributed by atoms with Gasteiger partial charge in [0.25, 0.3) is 5.69 Å². The van der Waals surface area contributed by atoms with Crippen LogP contribution in [-0.4, -0.2) is 21.0 Å². The third-order valence-corrected chi connectivity index (χ3v) is 4.00. The van der Waals surface area contributed by atoms with Crippen LogP contribution in [0.4, 0.5) is 11.5 Å². The molecule has 2 heterocycles. The molecule has 0 aliphatic rings. The molecule has 0 spiro atoms. The largest absolute Gasteiger partial charge is 0.478 e. The smallest absolute Gasteiger partial charge is 0.339 e. The van der Waals surface area contributed by atoms with Crippen molar-refractivity contribution in [3.05, 3.63) is 48.7 Å². The summed E-state index contributed by atoms with van der Waals surface area (Å²) in [5.41, 5.74) is -0.582. The number of pyridine rings is 1. The molecule has 0 aliphatic carbocycles. The van der Waals surface area contributed by atoms with Crippen molar-refractivity contribution in [2.45, 2.75) is 6.54 Å². The lowest BCUT2D eigenvalue weighted by Crippen LogP contribution is -2.08. The Hall–Kier alpha value is -2.00. The maximum absolute atomic E-state index is 11.1. The molecule has 0 atom stereocenters. The molecule has 104 valence electrons. The Labute approximate surface area is 125 Å². The fraction of sp³-hybridized carbons (Fsp3) is 0.0909. The van der Waals surface area contributed by atoms with Crippen LogP contribution < -0.4 is 5.32 Å². The Morgan fingerprint density at radius 3 is 2.85 bits per heavy atom. The summed E-state index contributed by atoms with van der Waals surface area (Å²) in [6, 6.07) is 4.75. The monoisotopic (exact) mass is 357 g/mol. The van der Waals surface area contributed by atoms with Crippen LogP contribution >= 0.6 is 27.3 Å². The number of anilines is 1. The highest BCUT2D eigenvalue weighted by molar-refractivity contribution is 9.11. The first kappa shape index (κ1) is 14.4. The maximum atomic E-state index is 11.1. The lowest BCUT2D eigenvalue weighted by Gasteiger charge is -2.07. The summed E-state index contributed by atoms with van der Waals surface area (Å²) in [6.07, 6.45) is 1.03. The van der Waals surface area contributed by atoms with E-state index in [2.05, 4.69) is 26.2 Å². The molecular weight excluding hydrogens is 350 g/mol. The van der Waals surface area contributed by atoms with E-state index in [-0.39, 0.29) is 17.1 Å². The van der Waals surface area contributed by atoms with Gasteiger partial charge < -0.3 is 10.4 Å². The Morgan fingerprint density at radius 1 is 1.55 bits per heavy atom. The Kier molecular flexibility index (Phi) is 4.30. The molecule has 0 saturated heterocycles. The minimum Gasteiger partial charge on any atom is -0.478 e. The molecule has 0 aliphatic heterocycles. The van der Waals surface area contributed by atoms with Gasteiger partial charge in [0, 0.05) is 10.9 Å². The molecule has 0 amide bonds. The van der Waals surface area contributed by atoms with Gasteiger partial charge in [-0.1, -0.05) is 0 Å². The van der Waals surface area contributed by atoms with Gasteiger partial charge in [0.05, 0.1) is 15.3 Å². The van der Waals surface area contributed by atoms with Gasteiger partial charge in [-0.15, -0.1) is 11.3 Å². The molecule has 0 unspecified atom stereocenters. The van der Waals surface area contributed by atoms with Gasteiger partial charge in [0.2, 0.25) is 0 Å². The minimum atomic E-state index is -1.27. The highest BCUT2D eigenvalue weighted by atomic mass is 79.9. The number of nitro groups is 1. The van der Waals surface area contributed by atoms with Gasteiger partial charge in [-0.05, 0) is 28.1 Å². The average molecular weight is 358 g/mol. The molecule has 0 fully saturated rings. The lowest BCUT2D eigenvalue weighted by atomic mass is 10.2. The molecule has 0 radical (unpaired) electrons. The molecule has 20 heavy (non-hydrogen) atoms. The van der Waals surface area contributed by atoms with Crippen LogP contribution in [0.15, 0.2) is 28.2 Å². The first-order chi connectivity index (χ1) is 9.47. The van der Waals surface area contributed by atoms with Gasteiger partial charge in [-0.2, -0.15) is 0 Å². The zero-order valence-electron chi connectivity index (χ0n) is 9.87. The predicted octanol–water partition coefficient (Wildman–Crippen LogP) is 3.12. The van der Waals surface area contributed by atoms with E-state index in [0.29, 0.717) is 6.54 Å². The van der Waals surface area contributed by atoms with Crippen LogP contribution in [-0.2, 0) is 6.54 Å². The second-order valence-electron chi connectivity index (χ2n) is 3.71. The van der Waals surface area contributed by atoms with E-state index in [1.54, 1.807) is 0 Å². The van der Waals surface area contributed by atoms with E-state index in [0.717, 1.165) is 20.9 Å². The van der Waals surface area contributed by atoms with Crippen LogP contribution in [0.3, 0.4) is 0 Å². The molecule has 2 rings (SSSR count). The second kappa shape index (κ2) is 5.97. The molecule has 0 aromatic carbocycles. The fourth-order valence-electron chi connectivity index (χ4n) is 1.48. The number of hydrogen-bond acceptors (Lipinski definition) is 6. The van der Waals surface area contributed by atoms with Crippen molar-refractivity contribution in [3.8, 4) is 0 Å². The summed E-state index contributed by atoms with van der Waals surface area (Å²) in [5.74, 6) is -1.16. The number of thiophene rings is 1. The number of carboxylic acid groups (broad SMARTS) is 1. The number of nitrogens with zero attached hydrogens (tertiary/aromatic N) is 2. The SMILES string of the molecule is O=C(O)c1cc([N+](=O)[O-])cnc1NCc1ccc(Br)s1. The number of nitrogens with one attached hydrogen (secondary N) is 1. The first-order valence-corrected chi connectivity index (χ1v) is 6.94. The zero-order valence-corrected chi connectivity index (χ0v) is 12.3. The predicted molar refractivity (Wildman–Crippen MR) is 77.2 cm³/mol. The number of aromatic nitrogens is 1. The number of carboxylic acids is 1. The molecule has 2 aromatic heterocycles. The third kappa shape index (κ3) is 3.31. The first-order valence-electron chi connectivity index (χ1n) is 5.33. The Bertz CT molecular complexity index is 673. The standard InChI is InChI=1S/C11H8BrN3O4S/c12-9-2-1-7(20-9)5-14-10-8(11(16)17)3-6(4-13-10)15(18)19/h1-4H,5H2,(H,13,14)(H,16,17). The third-order valence-electron chi connectivity index (χ3n) is 2.37. The Balaban J connectivity index is 2.22. The van der Waals surface area contributed by atoms with E-state index >= 15 is 0 Å². The van der Waals surface area contributed by atoms with Gasteiger partial charge in [0.15, 0.2) is 0 Å². The van der Waals surface area contributed by atoms with E-state index in [1.165, 1.54) is 11.3 Å². The van der Waals surface area contributed by atoms with Crippen LogP contribution in [0.2, 0.25) is 0 Å². The molecule has 0 bridgehead atoms. The van der Waals surface area contributed by atoms with E-state index < -0.39 is 10.9 Å². The molecule has 7 nitrogen and oxygen atoms in total. The van der Waals surface area contributed by atoms with Gasteiger partial charge in [-0.3, -0.25) is 10.1 Å². The van der Waals surface area contributed by atoms with Crippen LogP contribution in [0.25, 0.3) is 0 Å². The van der Waals surface area contributed by atoms with Crippen LogP contribution in [0.1, 0.15) is 15.2 Å². The number of carbonyl (C=O) groups is 1. The number of hydrogen-bond donors (Lipinski definition) is 2. The highest BCUT2D eigenvalue weighted by Gasteiger charge is 2.17. The number of rotatable bonds is 5. The van der Waals surface area contributed by atoms with Crippen molar-refractivity contribution in [1.82, 2.24) is 4.98 Å². The quantitative estimate of drug-likeness (QED) is 0.628. The fourth-order valence-corrected chi connectivity index (χ4v) is 2.90. The average Bonchev–Trinajstić information content (AvgIpc) is 2.81. The number of halogens is 1.